The Morgan fingerprint density at radius 1 is 1.12 bits per heavy atom. The molecule has 9 atom stereocenters. The summed E-state index contributed by atoms with van der Waals surface area (Å²) in [5.41, 5.74) is 0.701. The lowest BCUT2D eigenvalue weighted by Gasteiger charge is -2.34. The fraction of sp³-hybridized carbons (Fsp3) is 0.735. The molecule has 232 valence electrons. The summed E-state index contributed by atoms with van der Waals surface area (Å²) in [6.45, 7) is 19.5. The molecule has 1 saturated heterocycles. The lowest BCUT2D eigenvalue weighted by Crippen LogP contribution is -2.34. The van der Waals surface area contributed by atoms with E-state index in [0.29, 0.717) is 12.3 Å². The van der Waals surface area contributed by atoms with Gasteiger partial charge in [0.15, 0.2) is 0 Å². The molecule has 2 rings (SSSR count). The average molecular weight is 575 g/mol. The van der Waals surface area contributed by atoms with Crippen molar-refractivity contribution in [3.63, 3.8) is 0 Å². The van der Waals surface area contributed by atoms with Gasteiger partial charge in [0.05, 0.1) is 12.2 Å². The minimum absolute atomic E-state index is 0.101. The lowest BCUT2D eigenvalue weighted by atomic mass is 9.78. The SMILES string of the molecule is CCC(OC(C)=O)C(C)C1OC1CC(C)/C=C/C=C(\C)C1OC(=O)CC(C)CCC(C)(C)C(OC(C)=O)/C=C/C1C. The summed E-state index contributed by atoms with van der Waals surface area (Å²) >= 11 is 0. The van der Waals surface area contributed by atoms with Crippen LogP contribution < -0.4 is 0 Å². The van der Waals surface area contributed by atoms with Gasteiger partial charge in [0.25, 0.3) is 0 Å². The molecule has 7 heteroatoms. The van der Waals surface area contributed by atoms with Crippen LogP contribution in [0.3, 0.4) is 0 Å². The highest BCUT2D eigenvalue weighted by Gasteiger charge is 2.46. The normalized spacial score (nSPS) is 32.0. The lowest BCUT2D eigenvalue weighted by molar-refractivity contribution is -0.151. The summed E-state index contributed by atoms with van der Waals surface area (Å²) in [5.74, 6) is -0.222. The molecule has 2 aliphatic rings. The van der Waals surface area contributed by atoms with Crippen LogP contribution in [0, 0.1) is 29.1 Å². The van der Waals surface area contributed by atoms with Crippen molar-refractivity contribution < 1.29 is 33.3 Å². The standard InChI is InChI=1S/C34H54O7/c1-11-28(38-26(7)35)25(6)33-29(40-33)19-21(2)13-12-14-23(4)32-24(5)15-16-30(39-27(8)36)34(9,10)18-17-22(3)20-31(37)41-32/h12-16,21-22,24-25,28-30,32-33H,11,17-20H2,1-10H3/b13-12+,16-15+,23-14+. The molecule has 2 heterocycles. The van der Waals surface area contributed by atoms with E-state index in [1.54, 1.807) is 0 Å². The average Bonchev–Trinajstić information content (AvgIpc) is 3.64. The maximum atomic E-state index is 12.9. The molecule has 0 aromatic carbocycles. The first-order valence-corrected chi connectivity index (χ1v) is 15.4. The summed E-state index contributed by atoms with van der Waals surface area (Å²) in [4.78, 5) is 36.1. The first-order chi connectivity index (χ1) is 19.1. The van der Waals surface area contributed by atoms with E-state index in [1.165, 1.54) is 13.8 Å². The second-order valence-corrected chi connectivity index (χ2v) is 13.1. The van der Waals surface area contributed by atoms with E-state index in [0.717, 1.165) is 31.3 Å². The molecule has 0 bridgehead atoms. The molecular weight excluding hydrogens is 520 g/mol. The van der Waals surface area contributed by atoms with Crippen molar-refractivity contribution in [3.8, 4) is 0 Å². The Labute approximate surface area is 248 Å². The molecular formula is C34H54O7. The number of carbonyl (C=O) groups is 3. The molecule has 7 nitrogen and oxygen atoms in total. The summed E-state index contributed by atoms with van der Waals surface area (Å²) in [6, 6.07) is 0. The second-order valence-electron chi connectivity index (χ2n) is 13.1. The molecule has 1 fully saturated rings. The first kappa shape index (κ1) is 34.8. The Bertz CT molecular complexity index is 978. The number of rotatable bonds is 10. The van der Waals surface area contributed by atoms with Gasteiger partial charge in [-0.3, -0.25) is 14.4 Å². The summed E-state index contributed by atoms with van der Waals surface area (Å²) < 4.78 is 23.1. The zero-order valence-electron chi connectivity index (χ0n) is 27.0. The van der Waals surface area contributed by atoms with Crippen LogP contribution in [0.2, 0.25) is 0 Å². The van der Waals surface area contributed by atoms with Crippen LogP contribution >= 0.6 is 0 Å². The molecule has 0 N–H and O–H groups in total. The van der Waals surface area contributed by atoms with Crippen LogP contribution in [0.5, 0.6) is 0 Å². The van der Waals surface area contributed by atoms with Crippen LogP contribution in [0.25, 0.3) is 0 Å². The Hall–Kier alpha value is -2.41. The molecule has 41 heavy (non-hydrogen) atoms. The van der Waals surface area contributed by atoms with Gasteiger partial charge in [-0.1, -0.05) is 72.8 Å². The number of cyclic esters (lactones) is 1. The second kappa shape index (κ2) is 15.7. The van der Waals surface area contributed by atoms with Crippen LogP contribution in [-0.4, -0.2) is 48.4 Å². The largest absolute Gasteiger partial charge is 0.462 e. The van der Waals surface area contributed by atoms with E-state index in [4.69, 9.17) is 18.9 Å². The monoisotopic (exact) mass is 574 g/mol. The van der Waals surface area contributed by atoms with Gasteiger partial charge >= 0.3 is 17.9 Å². The van der Waals surface area contributed by atoms with Crippen LogP contribution in [0.1, 0.15) is 101 Å². The van der Waals surface area contributed by atoms with Gasteiger partial charge < -0.3 is 18.9 Å². The molecule has 0 radical (unpaired) electrons. The minimum atomic E-state index is -0.421. The third-order valence-electron chi connectivity index (χ3n) is 8.48. The van der Waals surface area contributed by atoms with Gasteiger partial charge in [0, 0.05) is 37.5 Å². The van der Waals surface area contributed by atoms with Gasteiger partial charge in [-0.25, -0.2) is 0 Å². The Kier molecular flexibility index (Phi) is 13.3. The topological polar surface area (TPSA) is 91.4 Å². The molecule has 0 saturated carbocycles. The van der Waals surface area contributed by atoms with E-state index < -0.39 is 6.10 Å². The number of esters is 3. The molecule has 0 aromatic rings. The van der Waals surface area contributed by atoms with Crippen molar-refractivity contribution >= 4 is 17.9 Å². The number of carbonyl (C=O) groups excluding carboxylic acids is 3. The zero-order chi connectivity index (χ0) is 30.9. The van der Waals surface area contributed by atoms with Gasteiger partial charge in [-0.15, -0.1) is 0 Å². The number of epoxide rings is 1. The van der Waals surface area contributed by atoms with Crippen molar-refractivity contribution in [2.24, 2.45) is 29.1 Å². The third kappa shape index (κ3) is 11.4. The van der Waals surface area contributed by atoms with Crippen LogP contribution in [0.4, 0.5) is 0 Å². The van der Waals surface area contributed by atoms with Crippen molar-refractivity contribution in [1.82, 2.24) is 0 Å². The number of hydrogen-bond donors (Lipinski definition) is 0. The van der Waals surface area contributed by atoms with Crippen molar-refractivity contribution in [3.05, 3.63) is 36.0 Å². The smallest absolute Gasteiger partial charge is 0.306 e. The van der Waals surface area contributed by atoms with Gasteiger partial charge in [-0.2, -0.15) is 0 Å². The maximum absolute atomic E-state index is 12.9. The van der Waals surface area contributed by atoms with Crippen LogP contribution in [-0.2, 0) is 33.3 Å². The highest BCUT2D eigenvalue weighted by Crippen LogP contribution is 2.37. The van der Waals surface area contributed by atoms with Crippen molar-refractivity contribution in [1.29, 1.82) is 0 Å². The number of hydrogen-bond acceptors (Lipinski definition) is 7. The first-order valence-electron chi connectivity index (χ1n) is 15.4. The number of ether oxygens (including phenoxy) is 4. The zero-order valence-corrected chi connectivity index (χ0v) is 27.0. The van der Waals surface area contributed by atoms with Gasteiger partial charge in [0.2, 0.25) is 0 Å². The van der Waals surface area contributed by atoms with E-state index in [1.807, 2.05) is 45.1 Å². The predicted octanol–water partition coefficient (Wildman–Crippen LogP) is 7.14. The fourth-order valence-corrected chi connectivity index (χ4v) is 5.70. The summed E-state index contributed by atoms with van der Waals surface area (Å²) in [7, 11) is 0. The predicted molar refractivity (Wildman–Crippen MR) is 161 cm³/mol. The highest BCUT2D eigenvalue weighted by atomic mass is 16.6. The Balaban J connectivity index is 2.10. The van der Waals surface area contributed by atoms with Crippen molar-refractivity contribution in [2.75, 3.05) is 0 Å². The molecule has 9 unspecified atom stereocenters. The molecule has 0 spiro atoms. The number of allylic oxidation sites excluding steroid dienone is 3. The molecule has 0 aromatic heterocycles. The van der Waals surface area contributed by atoms with Gasteiger partial charge in [-0.05, 0) is 56.1 Å². The fourth-order valence-electron chi connectivity index (χ4n) is 5.70. The van der Waals surface area contributed by atoms with E-state index in [-0.39, 0.29) is 65.5 Å². The van der Waals surface area contributed by atoms with E-state index in [9.17, 15) is 14.4 Å². The minimum Gasteiger partial charge on any atom is -0.462 e. The van der Waals surface area contributed by atoms with E-state index >= 15 is 0 Å². The maximum Gasteiger partial charge on any atom is 0.306 e. The van der Waals surface area contributed by atoms with Crippen molar-refractivity contribution in [2.45, 2.75) is 132 Å². The van der Waals surface area contributed by atoms with E-state index in [2.05, 4.69) is 40.7 Å². The molecule has 0 aliphatic carbocycles. The third-order valence-corrected chi connectivity index (χ3v) is 8.48. The van der Waals surface area contributed by atoms with Gasteiger partial charge in [0.1, 0.15) is 18.3 Å². The van der Waals surface area contributed by atoms with Crippen LogP contribution in [0.15, 0.2) is 36.0 Å². The Morgan fingerprint density at radius 2 is 1.80 bits per heavy atom. The Morgan fingerprint density at radius 3 is 2.41 bits per heavy atom. The highest BCUT2D eigenvalue weighted by molar-refractivity contribution is 5.70. The molecule has 0 amide bonds. The summed E-state index contributed by atoms with van der Waals surface area (Å²) in [6.07, 6.45) is 13.2. The summed E-state index contributed by atoms with van der Waals surface area (Å²) in [5, 5.41) is 0. The molecule has 2 aliphatic heterocycles. The quantitative estimate of drug-likeness (QED) is 0.0900.